The maximum absolute atomic E-state index is 12.3. The number of aliphatic hydroxyl groups excluding tert-OH is 1. The van der Waals surface area contributed by atoms with Crippen LogP contribution < -0.4 is 0 Å². The van der Waals surface area contributed by atoms with Crippen LogP contribution in [0.1, 0.15) is 335 Å². The van der Waals surface area contributed by atoms with Gasteiger partial charge in [-0.3, -0.25) is 9.59 Å². The lowest BCUT2D eigenvalue weighted by atomic mass is 10.0. The number of allylic oxidation sites excluding steroid dienone is 4. The van der Waals surface area contributed by atoms with Crippen molar-refractivity contribution in [3.05, 3.63) is 24.3 Å². The fourth-order valence-corrected chi connectivity index (χ4v) is 9.24. The zero-order valence-corrected chi connectivity index (χ0v) is 44.7. The quantitative estimate of drug-likeness (QED) is 0.0374. The van der Waals surface area contributed by atoms with Crippen LogP contribution in [0, 0.1) is 0 Å². The van der Waals surface area contributed by atoms with E-state index in [1.807, 2.05) is 0 Å². The first-order chi connectivity index (χ1) is 32.6. The van der Waals surface area contributed by atoms with Gasteiger partial charge in [0.15, 0.2) is 6.10 Å². The molecule has 5 heteroatoms. The predicted molar refractivity (Wildman–Crippen MR) is 288 cm³/mol. The summed E-state index contributed by atoms with van der Waals surface area (Å²) < 4.78 is 10.7. The molecule has 0 radical (unpaired) electrons. The van der Waals surface area contributed by atoms with E-state index in [0.29, 0.717) is 12.8 Å². The minimum Gasteiger partial charge on any atom is -0.462 e. The molecule has 0 aromatic heterocycles. The summed E-state index contributed by atoms with van der Waals surface area (Å²) in [6, 6.07) is 0. The lowest BCUT2D eigenvalue weighted by Crippen LogP contribution is -2.28. The topological polar surface area (TPSA) is 72.8 Å². The highest BCUT2D eigenvalue weighted by molar-refractivity contribution is 5.70. The van der Waals surface area contributed by atoms with Crippen molar-refractivity contribution < 1.29 is 24.2 Å². The average molecular weight is 930 g/mol. The third kappa shape index (κ3) is 55.0. The monoisotopic (exact) mass is 929 g/mol. The molecule has 0 rings (SSSR count). The molecule has 0 aliphatic rings. The summed E-state index contributed by atoms with van der Waals surface area (Å²) in [4.78, 5) is 24.5. The molecule has 0 aliphatic heterocycles. The van der Waals surface area contributed by atoms with E-state index in [0.717, 1.165) is 44.9 Å². The number of carbonyl (C=O) groups is 2. The number of unbranched alkanes of at least 4 members (excludes halogenated alkanes) is 44. The van der Waals surface area contributed by atoms with Crippen LogP contribution >= 0.6 is 0 Å². The van der Waals surface area contributed by atoms with E-state index < -0.39 is 6.10 Å². The Balaban J connectivity index is 3.38. The molecule has 0 amide bonds. The Kier molecular flexibility index (Phi) is 56.3. The second kappa shape index (κ2) is 57.7. The minimum absolute atomic E-state index is 0.0637. The molecular formula is C61H116O5. The fraction of sp³-hybridized carbons (Fsp3) is 0.902. The molecule has 1 unspecified atom stereocenters. The van der Waals surface area contributed by atoms with E-state index in [2.05, 4.69) is 38.2 Å². The van der Waals surface area contributed by atoms with Crippen molar-refractivity contribution in [3.8, 4) is 0 Å². The number of hydrogen-bond donors (Lipinski definition) is 1. The van der Waals surface area contributed by atoms with Crippen LogP contribution in [0.2, 0.25) is 0 Å². The van der Waals surface area contributed by atoms with Crippen LogP contribution in [0.3, 0.4) is 0 Å². The standard InChI is InChI=1S/C61H116O5/c1-3-5-7-9-11-13-15-17-19-21-23-24-25-26-27-28-29-30-31-32-33-34-35-36-37-38-40-41-43-45-47-49-51-53-55-60(63)65-58-59(57-62)66-61(64)56-54-52-50-48-46-44-42-39-22-20-18-16-14-12-10-8-6-4-2/h14,16,20,22,59,62H,3-13,15,17-19,21,23-58H2,1-2H3/b16-14-,22-20-. The third-order valence-electron chi connectivity index (χ3n) is 13.7. The molecule has 0 bridgehead atoms. The zero-order valence-electron chi connectivity index (χ0n) is 44.7. The lowest BCUT2D eigenvalue weighted by molar-refractivity contribution is -0.161. The predicted octanol–water partition coefficient (Wildman–Crippen LogP) is 20.1. The summed E-state index contributed by atoms with van der Waals surface area (Å²) in [7, 11) is 0. The number of esters is 2. The van der Waals surface area contributed by atoms with Crippen molar-refractivity contribution in [3.63, 3.8) is 0 Å². The summed E-state index contributed by atoms with van der Waals surface area (Å²) in [5, 5.41) is 9.64. The van der Waals surface area contributed by atoms with Gasteiger partial charge in [-0.05, 0) is 44.9 Å². The van der Waals surface area contributed by atoms with E-state index in [1.165, 1.54) is 263 Å². The van der Waals surface area contributed by atoms with Crippen LogP contribution in [-0.2, 0) is 19.1 Å². The van der Waals surface area contributed by atoms with Gasteiger partial charge >= 0.3 is 11.9 Å². The molecule has 1 atom stereocenters. The van der Waals surface area contributed by atoms with E-state index in [4.69, 9.17) is 9.47 Å². The first-order valence-corrected chi connectivity index (χ1v) is 29.9. The highest BCUT2D eigenvalue weighted by Crippen LogP contribution is 2.18. The smallest absolute Gasteiger partial charge is 0.306 e. The zero-order chi connectivity index (χ0) is 47.7. The highest BCUT2D eigenvalue weighted by atomic mass is 16.6. The Hall–Kier alpha value is -1.62. The molecular weight excluding hydrogens is 813 g/mol. The Morgan fingerprint density at radius 2 is 0.606 bits per heavy atom. The summed E-state index contributed by atoms with van der Waals surface area (Å²) in [6.45, 7) is 4.17. The van der Waals surface area contributed by atoms with Crippen molar-refractivity contribution in [2.75, 3.05) is 13.2 Å². The molecule has 0 spiro atoms. The fourth-order valence-electron chi connectivity index (χ4n) is 9.24. The lowest BCUT2D eigenvalue weighted by Gasteiger charge is -2.15. The first kappa shape index (κ1) is 64.4. The van der Waals surface area contributed by atoms with Gasteiger partial charge in [0.1, 0.15) is 6.61 Å². The molecule has 0 aliphatic carbocycles. The van der Waals surface area contributed by atoms with Gasteiger partial charge in [0.2, 0.25) is 0 Å². The summed E-state index contributed by atoms with van der Waals surface area (Å²) in [5.74, 6) is -0.582. The molecule has 0 fully saturated rings. The van der Waals surface area contributed by atoms with E-state index in [1.54, 1.807) is 0 Å². The van der Waals surface area contributed by atoms with Gasteiger partial charge < -0.3 is 14.6 Å². The van der Waals surface area contributed by atoms with Crippen LogP contribution in [0.25, 0.3) is 0 Å². The van der Waals surface area contributed by atoms with Gasteiger partial charge in [-0.25, -0.2) is 0 Å². The number of rotatable bonds is 56. The van der Waals surface area contributed by atoms with Gasteiger partial charge in [-0.15, -0.1) is 0 Å². The van der Waals surface area contributed by atoms with Crippen molar-refractivity contribution in [2.45, 2.75) is 341 Å². The highest BCUT2D eigenvalue weighted by Gasteiger charge is 2.16. The Bertz CT molecular complexity index is 1010. The molecule has 0 aromatic rings. The molecule has 0 saturated heterocycles. The van der Waals surface area contributed by atoms with Crippen molar-refractivity contribution in [2.24, 2.45) is 0 Å². The molecule has 390 valence electrons. The van der Waals surface area contributed by atoms with Crippen LogP contribution in [0.4, 0.5) is 0 Å². The number of hydrogen-bond acceptors (Lipinski definition) is 5. The second-order valence-corrected chi connectivity index (χ2v) is 20.4. The molecule has 0 aromatic carbocycles. The third-order valence-corrected chi connectivity index (χ3v) is 13.7. The van der Waals surface area contributed by atoms with Crippen molar-refractivity contribution in [1.82, 2.24) is 0 Å². The van der Waals surface area contributed by atoms with Gasteiger partial charge in [0.05, 0.1) is 6.61 Å². The molecule has 0 heterocycles. The van der Waals surface area contributed by atoms with Crippen molar-refractivity contribution in [1.29, 1.82) is 0 Å². The van der Waals surface area contributed by atoms with E-state index in [-0.39, 0.29) is 25.2 Å². The van der Waals surface area contributed by atoms with Gasteiger partial charge in [0, 0.05) is 12.8 Å². The van der Waals surface area contributed by atoms with E-state index >= 15 is 0 Å². The summed E-state index contributed by atoms with van der Waals surface area (Å²) in [6.07, 6.45) is 73.2. The Labute approximate surface area is 413 Å². The van der Waals surface area contributed by atoms with E-state index in [9.17, 15) is 14.7 Å². The number of ether oxygens (including phenoxy) is 2. The largest absolute Gasteiger partial charge is 0.462 e. The maximum atomic E-state index is 12.3. The Morgan fingerprint density at radius 1 is 0.348 bits per heavy atom. The SMILES string of the molecule is CCCCCC/C=C\C/C=C\CCCCCCCCCC(=O)OC(CO)COC(=O)CCCCCCCCCCCCCCCCCCCCCCCCCCCCCCCCCCCC. The van der Waals surface area contributed by atoms with Crippen molar-refractivity contribution >= 4 is 11.9 Å². The molecule has 66 heavy (non-hydrogen) atoms. The summed E-state index contributed by atoms with van der Waals surface area (Å²) in [5.41, 5.74) is 0. The van der Waals surface area contributed by atoms with Crippen LogP contribution in [0.5, 0.6) is 0 Å². The van der Waals surface area contributed by atoms with Gasteiger partial charge in [0.25, 0.3) is 0 Å². The molecule has 0 saturated carbocycles. The molecule has 5 nitrogen and oxygen atoms in total. The van der Waals surface area contributed by atoms with Crippen LogP contribution in [0.15, 0.2) is 24.3 Å². The number of aliphatic hydroxyl groups is 1. The summed E-state index contributed by atoms with van der Waals surface area (Å²) >= 11 is 0. The number of carbonyl (C=O) groups excluding carboxylic acids is 2. The van der Waals surface area contributed by atoms with Gasteiger partial charge in [-0.1, -0.05) is 301 Å². The average Bonchev–Trinajstić information content (AvgIpc) is 3.32. The second-order valence-electron chi connectivity index (χ2n) is 20.4. The minimum atomic E-state index is -0.773. The first-order valence-electron chi connectivity index (χ1n) is 29.9. The van der Waals surface area contributed by atoms with Crippen LogP contribution in [-0.4, -0.2) is 36.4 Å². The molecule has 1 N–H and O–H groups in total. The maximum Gasteiger partial charge on any atom is 0.306 e. The van der Waals surface area contributed by atoms with Gasteiger partial charge in [-0.2, -0.15) is 0 Å². The normalized spacial score (nSPS) is 12.2. The Morgan fingerprint density at radius 3 is 0.909 bits per heavy atom.